The average Bonchev–Trinajstić information content (AvgIpc) is 2.69. The first kappa shape index (κ1) is 19.1. The first-order chi connectivity index (χ1) is 12.7. The second-order valence-corrected chi connectivity index (χ2v) is 8.30. The zero-order valence-corrected chi connectivity index (χ0v) is 16.3. The Balaban J connectivity index is 1.70. The van der Waals surface area contributed by atoms with Crippen LogP contribution in [0.5, 0.6) is 0 Å². The Kier molecular flexibility index (Phi) is 7.22. The van der Waals surface area contributed by atoms with Gasteiger partial charge >= 0.3 is 0 Å². The van der Waals surface area contributed by atoms with Gasteiger partial charge in [0, 0.05) is 16.9 Å². The molecule has 0 amide bonds. The highest BCUT2D eigenvalue weighted by Gasteiger charge is 2.14. The molecule has 138 valence electrons. The second kappa shape index (κ2) is 9.84. The molecule has 0 N–H and O–H groups in total. The van der Waals surface area contributed by atoms with Gasteiger partial charge in [0.2, 0.25) is 0 Å². The van der Waals surface area contributed by atoms with E-state index in [2.05, 4.69) is 12.1 Å². The second-order valence-electron chi connectivity index (χ2n) is 7.00. The Morgan fingerprint density at radius 1 is 1.12 bits per heavy atom. The summed E-state index contributed by atoms with van der Waals surface area (Å²) in [7, 11) is -1.12. The molecule has 1 heterocycles. The van der Waals surface area contributed by atoms with Crippen LogP contribution in [0.1, 0.15) is 49.7 Å². The van der Waals surface area contributed by atoms with Crippen LogP contribution in [0.2, 0.25) is 0 Å². The summed E-state index contributed by atoms with van der Waals surface area (Å²) >= 11 is 0. The summed E-state index contributed by atoms with van der Waals surface area (Å²) in [5.41, 5.74) is 3.52. The summed E-state index contributed by atoms with van der Waals surface area (Å²) < 4.78 is 18.7. The number of hydrogen-bond acceptors (Lipinski definition) is 2. The number of hydrogen-bond donors (Lipinski definition) is 0. The van der Waals surface area contributed by atoms with E-state index in [0.717, 1.165) is 36.3 Å². The molecule has 2 atom stereocenters. The van der Waals surface area contributed by atoms with E-state index in [1.165, 1.54) is 30.4 Å². The van der Waals surface area contributed by atoms with Crippen LogP contribution < -0.4 is 0 Å². The normalized spacial score (nSPS) is 19.3. The van der Waals surface area contributed by atoms with E-state index in [1.54, 1.807) is 0 Å². The molecule has 2 aromatic rings. The Bertz CT molecular complexity index is 729. The van der Waals surface area contributed by atoms with Crippen LogP contribution in [0.3, 0.4) is 0 Å². The van der Waals surface area contributed by atoms with Gasteiger partial charge in [0.15, 0.2) is 0 Å². The van der Waals surface area contributed by atoms with Crippen molar-refractivity contribution in [2.45, 2.75) is 56.4 Å². The van der Waals surface area contributed by atoms with Gasteiger partial charge in [0.05, 0.1) is 16.9 Å². The highest BCUT2D eigenvalue weighted by atomic mass is 32.2. The monoisotopic (exact) mass is 368 g/mol. The lowest BCUT2D eigenvalue weighted by molar-refractivity contribution is 0.0104. The smallest absolute Gasteiger partial charge is 0.0778 e. The number of aryl methyl sites for hydroxylation is 1. The van der Waals surface area contributed by atoms with E-state index in [-0.39, 0.29) is 0 Å². The molecule has 2 aromatic carbocycles. The van der Waals surface area contributed by atoms with Crippen molar-refractivity contribution >= 4 is 16.4 Å². The van der Waals surface area contributed by atoms with Crippen molar-refractivity contribution in [1.82, 2.24) is 0 Å². The summed E-state index contributed by atoms with van der Waals surface area (Å²) in [4.78, 5) is 0.861. The molecular formula is C23H28O2S. The molecule has 1 unspecified atom stereocenters. The topological polar surface area (TPSA) is 26.3 Å². The standard InChI is InChI=1S/C23H28O2S/c1-19-13-15-23(16-14-19)26(24)18-21(20-8-3-2-4-9-20)10-7-12-22-11-5-6-17-25-22/h2-4,8-9,13-16,18,22H,5-7,10-12,17H2,1H3/b21-18-/t22?,26-/m1/s1. The van der Waals surface area contributed by atoms with Crippen LogP contribution in [0.15, 0.2) is 64.9 Å². The lowest BCUT2D eigenvalue weighted by Crippen LogP contribution is -2.18. The van der Waals surface area contributed by atoms with Gasteiger partial charge in [-0.05, 0) is 68.7 Å². The van der Waals surface area contributed by atoms with Crippen LogP contribution in [0.4, 0.5) is 0 Å². The maximum Gasteiger partial charge on any atom is 0.0778 e. The van der Waals surface area contributed by atoms with Crippen molar-refractivity contribution in [3.8, 4) is 0 Å². The maximum atomic E-state index is 12.8. The van der Waals surface area contributed by atoms with Gasteiger partial charge in [0.1, 0.15) is 0 Å². The third-order valence-corrected chi connectivity index (χ3v) is 6.13. The molecule has 3 heteroatoms. The molecule has 0 saturated carbocycles. The SMILES string of the molecule is Cc1ccc([S@](=O)/C=C(/CCCC2CCCCO2)c2ccccc2)cc1. The van der Waals surface area contributed by atoms with Gasteiger partial charge in [-0.25, -0.2) is 4.21 Å². The van der Waals surface area contributed by atoms with Crippen molar-refractivity contribution in [1.29, 1.82) is 0 Å². The first-order valence-electron chi connectivity index (χ1n) is 9.57. The van der Waals surface area contributed by atoms with E-state index >= 15 is 0 Å². The lowest BCUT2D eigenvalue weighted by atomic mass is 9.98. The van der Waals surface area contributed by atoms with Crippen molar-refractivity contribution in [3.05, 3.63) is 71.1 Å². The van der Waals surface area contributed by atoms with Crippen LogP contribution in [-0.2, 0) is 15.5 Å². The van der Waals surface area contributed by atoms with Gasteiger partial charge in [-0.1, -0.05) is 48.0 Å². The van der Waals surface area contributed by atoms with Gasteiger partial charge in [0.25, 0.3) is 0 Å². The highest BCUT2D eigenvalue weighted by molar-refractivity contribution is 7.88. The fourth-order valence-electron chi connectivity index (χ4n) is 3.35. The van der Waals surface area contributed by atoms with Gasteiger partial charge in [-0.3, -0.25) is 0 Å². The van der Waals surface area contributed by atoms with Crippen LogP contribution >= 0.6 is 0 Å². The molecule has 2 nitrogen and oxygen atoms in total. The van der Waals surface area contributed by atoms with Crippen molar-refractivity contribution < 1.29 is 8.95 Å². The molecule has 0 bridgehead atoms. The molecule has 0 aromatic heterocycles. The summed E-state index contributed by atoms with van der Waals surface area (Å²) in [5.74, 6) is 0. The van der Waals surface area contributed by atoms with Gasteiger partial charge in [-0.2, -0.15) is 0 Å². The minimum atomic E-state index is -1.12. The molecule has 1 saturated heterocycles. The van der Waals surface area contributed by atoms with Crippen LogP contribution in [0, 0.1) is 6.92 Å². The molecule has 1 aliphatic heterocycles. The summed E-state index contributed by atoms with van der Waals surface area (Å²) in [6, 6.07) is 18.3. The number of ether oxygens (including phenoxy) is 1. The molecule has 1 aliphatic rings. The number of benzene rings is 2. The predicted molar refractivity (Wildman–Crippen MR) is 109 cm³/mol. The largest absolute Gasteiger partial charge is 0.378 e. The molecule has 0 radical (unpaired) electrons. The van der Waals surface area contributed by atoms with E-state index in [1.807, 2.05) is 54.8 Å². The number of rotatable bonds is 7. The highest BCUT2D eigenvalue weighted by Crippen LogP contribution is 2.25. The quantitative estimate of drug-likeness (QED) is 0.610. The average molecular weight is 369 g/mol. The third kappa shape index (κ3) is 5.65. The minimum absolute atomic E-state index is 0.406. The number of allylic oxidation sites excluding steroid dienone is 1. The molecule has 0 spiro atoms. The van der Waals surface area contributed by atoms with Gasteiger partial charge < -0.3 is 4.74 Å². The van der Waals surface area contributed by atoms with Crippen molar-refractivity contribution in [3.63, 3.8) is 0 Å². The minimum Gasteiger partial charge on any atom is -0.378 e. The summed E-state index contributed by atoms with van der Waals surface area (Å²) in [6.07, 6.45) is 7.15. The van der Waals surface area contributed by atoms with Crippen molar-refractivity contribution in [2.75, 3.05) is 6.61 Å². The lowest BCUT2D eigenvalue weighted by Gasteiger charge is -2.22. The Hall–Kier alpha value is -1.71. The Morgan fingerprint density at radius 3 is 2.58 bits per heavy atom. The fourth-order valence-corrected chi connectivity index (χ4v) is 4.40. The summed E-state index contributed by atoms with van der Waals surface area (Å²) in [6.45, 7) is 2.95. The van der Waals surface area contributed by atoms with Gasteiger partial charge in [-0.15, -0.1) is 0 Å². The zero-order valence-electron chi connectivity index (χ0n) is 15.5. The van der Waals surface area contributed by atoms with E-state index in [0.29, 0.717) is 6.10 Å². The molecule has 3 rings (SSSR count). The first-order valence-corrected chi connectivity index (χ1v) is 10.8. The molecule has 1 fully saturated rings. The van der Waals surface area contributed by atoms with Crippen molar-refractivity contribution in [2.24, 2.45) is 0 Å². The fraction of sp³-hybridized carbons (Fsp3) is 0.391. The Morgan fingerprint density at radius 2 is 1.88 bits per heavy atom. The van der Waals surface area contributed by atoms with Crippen LogP contribution in [-0.4, -0.2) is 16.9 Å². The summed E-state index contributed by atoms with van der Waals surface area (Å²) in [5, 5.41) is 1.93. The Labute approximate surface area is 159 Å². The third-order valence-electron chi connectivity index (χ3n) is 4.89. The molecule has 26 heavy (non-hydrogen) atoms. The van der Waals surface area contributed by atoms with E-state index in [9.17, 15) is 4.21 Å². The molecule has 0 aliphatic carbocycles. The molecular weight excluding hydrogens is 340 g/mol. The van der Waals surface area contributed by atoms with E-state index < -0.39 is 10.8 Å². The maximum absolute atomic E-state index is 12.8. The van der Waals surface area contributed by atoms with E-state index in [4.69, 9.17) is 4.74 Å². The zero-order chi connectivity index (χ0) is 18.2. The predicted octanol–water partition coefficient (Wildman–Crippen LogP) is 5.88. The van der Waals surface area contributed by atoms with Crippen LogP contribution in [0.25, 0.3) is 5.57 Å².